The lowest BCUT2D eigenvalue weighted by molar-refractivity contribution is -0.151. The second-order valence-electron chi connectivity index (χ2n) is 19.0. The van der Waals surface area contributed by atoms with Gasteiger partial charge in [0.05, 0.1) is 23.2 Å². The van der Waals surface area contributed by atoms with E-state index in [1.54, 1.807) is 0 Å². The van der Waals surface area contributed by atoms with E-state index in [0.29, 0.717) is 35.7 Å². The van der Waals surface area contributed by atoms with Crippen LogP contribution in [0.3, 0.4) is 0 Å². The zero-order chi connectivity index (χ0) is 46.1. The van der Waals surface area contributed by atoms with Gasteiger partial charge in [0.2, 0.25) is 11.8 Å². The van der Waals surface area contributed by atoms with Crippen molar-refractivity contribution in [3.8, 4) is 0 Å². The number of rotatable bonds is 16. The van der Waals surface area contributed by atoms with E-state index in [4.69, 9.17) is 19.9 Å². The van der Waals surface area contributed by atoms with Crippen LogP contribution >= 0.6 is 11.8 Å². The number of imide groups is 1. The number of anilines is 1. The van der Waals surface area contributed by atoms with E-state index in [0.717, 1.165) is 72.3 Å². The molecule has 15 nitrogen and oxygen atoms in total. The predicted molar refractivity (Wildman–Crippen MR) is 236 cm³/mol. The molecule has 4 aliphatic carbocycles. The van der Waals surface area contributed by atoms with Gasteiger partial charge in [0, 0.05) is 32.0 Å². The Kier molecular flexibility index (Phi) is 14.7. The third-order valence-corrected chi connectivity index (χ3v) is 15.7. The Bertz CT molecular complexity index is 2120. The minimum Gasteiger partial charge on any atom is -0.463 e. The molecule has 6 aliphatic rings. The van der Waals surface area contributed by atoms with E-state index < -0.39 is 77.6 Å². The number of aliphatic hydroxyl groups excluding tert-OH is 3. The molecule has 350 valence electrons. The van der Waals surface area contributed by atoms with Crippen molar-refractivity contribution in [3.05, 3.63) is 70.3 Å². The van der Waals surface area contributed by atoms with Gasteiger partial charge >= 0.3 is 17.6 Å². The number of aromatic nitrogens is 2. The van der Waals surface area contributed by atoms with Gasteiger partial charge in [-0.3, -0.25) is 28.6 Å². The third kappa shape index (κ3) is 10.4. The van der Waals surface area contributed by atoms with Crippen molar-refractivity contribution in [2.45, 2.75) is 145 Å². The Morgan fingerprint density at radius 1 is 1.12 bits per heavy atom. The van der Waals surface area contributed by atoms with Crippen molar-refractivity contribution < 1.29 is 53.1 Å². The van der Waals surface area contributed by atoms with E-state index in [1.807, 2.05) is 12.2 Å². The van der Waals surface area contributed by atoms with Crippen LogP contribution < -0.4 is 11.4 Å². The summed E-state index contributed by atoms with van der Waals surface area (Å²) in [5.41, 5.74) is 5.25. The molecule has 8 unspecified atom stereocenters. The van der Waals surface area contributed by atoms with E-state index >= 15 is 4.39 Å². The molecule has 0 aromatic carbocycles. The van der Waals surface area contributed by atoms with Gasteiger partial charge in [-0.1, -0.05) is 50.3 Å². The predicted octanol–water partition coefficient (Wildman–Crippen LogP) is 4.65. The van der Waals surface area contributed by atoms with E-state index in [9.17, 15) is 39.3 Å². The zero-order valence-electron chi connectivity index (χ0n) is 36.9. The van der Waals surface area contributed by atoms with Gasteiger partial charge < -0.3 is 35.3 Å². The lowest BCUT2D eigenvalue weighted by Crippen LogP contribution is -2.43. The first-order chi connectivity index (χ1) is 30.4. The van der Waals surface area contributed by atoms with E-state index in [1.165, 1.54) is 24.3 Å². The highest BCUT2D eigenvalue weighted by Crippen LogP contribution is 2.59. The van der Waals surface area contributed by atoms with Crippen LogP contribution in [0.15, 0.2) is 64.7 Å². The van der Waals surface area contributed by atoms with Crippen LogP contribution in [0.2, 0.25) is 0 Å². The quantitative estimate of drug-likeness (QED) is 0.101. The Morgan fingerprint density at radius 3 is 2.62 bits per heavy atom. The number of hydrogen-bond donors (Lipinski definition) is 4. The molecule has 17 heteroatoms. The van der Waals surface area contributed by atoms with Gasteiger partial charge in [-0.25, -0.2) is 9.18 Å². The Balaban J connectivity index is 0.846. The number of nitrogens with two attached hydrogens (primary N) is 1. The molecule has 4 saturated carbocycles. The SMILES string of the molecule is C=C1/C(=C\C=C2/CCC[C@@]3(C)C2CCC3[C@@H](C)/C=C/C(O)C2CC2)C[C@@H](O)C[C@@H]1OC(=O)CSC1CC(=O)N(CCCC(=O)OCC2OC(n3ccc(N)nc3=O)C(C)(F)C2O)C1=O. The lowest BCUT2D eigenvalue weighted by atomic mass is 9.61. The number of thioether (sulfide) groups is 1. The molecule has 1 aromatic rings. The van der Waals surface area contributed by atoms with E-state index in [2.05, 4.69) is 37.6 Å². The Morgan fingerprint density at radius 2 is 1.89 bits per heavy atom. The molecule has 0 spiro atoms. The Labute approximate surface area is 377 Å². The summed E-state index contributed by atoms with van der Waals surface area (Å²) in [6.45, 7) is 9.44. The molecule has 7 rings (SSSR count). The fraction of sp³-hybridized carbons (Fsp3) is 0.660. The minimum absolute atomic E-state index is 0.0675. The summed E-state index contributed by atoms with van der Waals surface area (Å²) in [5.74, 6) is -0.728. The van der Waals surface area contributed by atoms with Gasteiger partial charge in [-0.05, 0) is 111 Å². The molecule has 5 N–H and O–H groups in total. The molecule has 0 radical (unpaired) electrons. The zero-order valence-corrected chi connectivity index (χ0v) is 37.8. The summed E-state index contributed by atoms with van der Waals surface area (Å²) in [6, 6.07) is 1.28. The maximum atomic E-state index is 15.5. The van der Waals surface area contributed by atoms with Crippen LogP contribution in [0.4, 0.5) is 10.2 Å². The monoisotopic (exact) mass is 910 g/mol. The molecule has 3 heterocycles. The normalized spacial score (nSPS) is 35.4. The largest absolute Gasteiger partial charge is 0.463 e. The number of ether oxygens (including phenoxy) is 3. The summed E-state index contributed by atoms with van der Waals surface area (Å²) >= 11 is 0.998. The highest BCUT2D eigenvalue weighted by atomic mass is 32.2. The molecule has 1 aromatic heterocycles. The van der Waals surface area contributed by atoms with Crippen LogP contribution in [0.5, 0.6) is 0 Å². The molecular weight excluding hydrogens is 848 g/mol. The molecule has 6 fully saturated rings. The second-order valence-corrected chi connectivity index (χ2v) is 20.2. The highest BCUT2D eigenvalue weighted by Gasteiger charge is 2.56. The fourth-order valence-corrected chi connectivity index (χ4v) is 11.6. The molecule has 2 amide bonds. The first-order valence-electron chi connectivity index (χ1n) is 22.7. The standard InChI is InChI=1S/C47H63FN4O11S/c1-26(9-16-34(54)29-11-12-29)32-14-15-33-28(7-5-18-46(32,33)3)10-13-30-21-31(53)22-35(27(30)2)62-41(57)25-64-37-23-39(55)51(43(37)59)19-6-8-40(56)61-24-36-42(58)47(4,48)44(63-36)52-20-17-38(49)50-45(52)60/h9-10,13,16-17,20,26,29,31-37,42,44,53-54,58H,2,5-8,11-12,14-15,18-19,21-25H2,1,3-4H3,(H2,49,50,60)/b16-9+,28-10+,30-13-/t26-,31+,32?,33?,34?,35-,36?,37?,42?,44?,46+,47?/m0/s1. The number of amides is 2. The maximum absolute atomic E-state index is 15.5. The number of likely N-dealkylation sites (tertiary alicyclic amines) is 1. The molecule has 64 heavy (non-hydrogen) atoms. The number of halogens is 1. The van der Waals surface area contributed by atoms with Gasteiger partial charge in [0.1, 0.15) is 30.7 Å². The van der Waals surface area contributed by atoms with Crippen molar-refractivity contribution in [1.82, 2.24) is 14.5 Å². The number of alkyl halides is 1. The average molecular weight is 911 g/mol. The summed E-state index contributed by atoms with van der Waals surface area (Å²) in [5, 5.41) is 31.0. The minimum atomic E-state index is -2.43. The van der Waals surface area contributed by atoms with Crippen LogP contribution in [0, 0.1) is 29.1 Å². The number of aliphatic hydroxyl groups is 3. The number of fused-ring (bicyclic) bond motifs is 1. The van der Waals surface area contributed by atoms with Crippen LogP contribution in [-0.4, -0.2) is 114 Å². The molecule has 2 aliphatic heterocycles. The average Bonchev–Trinajstić information content (AvgIpc) is 3.93. The highest BCUT2D eigenvalue weighted by molar-refractivity contribution is 8.01. The Hall–Kier alpha value is -4.16. The summed E-state index contributed by atoms with van der Waals surface area (Å²) in [6.07, 6.45) is 11.4. The van der Waals surface area contributed by atoms with Gasteiger partial charge in [-0.2, -0.15) is 4.98 Å². The number of carbonyl (C=O) groups excluding carboxylic acids is 4. The summed E-state index contributed by atoms with van der Waals surface area (Å²) in [4.78, 5) is 68.5. The summed E-state index contributed by atoms with van der Waals surface area (Å²) < 4.78 is 32.9. The maximum Gasteiger partial charge on any atom is 0.351 e. The summed E-state index contributed by atoms with van der Waals surface area (Å²) in [7, 11) is 0. The smallest absolute Gasteiger partial charge is 0.351 e. The van der Waals surface area contributed by atoms with Crippen molar-refractivity contribution >= 4 is 41.3 Å². The lowest BCUT2D eigenvalue weighted by Gasteiger charge is -2.44. The van der Waals surface area contributed by atoms with Crippen molar-refractivity contribution in [3.63, 3.8) is 0 Å². The second kappa shape index (κ2) is 19.7. The van der Waals surface area contributed by atoms with Crippen molar-refractivity contribution in [2.24, 2.45) is 29.1 Å². The molecular formula is C47H63FN4O11S. The number of esters is 2. The van der Waals surface area contributed by atoms with Crippen molar-refractivity contribution in [2.75, 3.05) is 24.6 Å². The number of nitrogen functional groups attached to an aromatic ring is 1. The fourth-order valence-electron chi connectivity index (χ4n) is 10.7. The first-order valence-corrected chi connectivity index (χ1v) is 23.7. The van der Waals surface area contributed by atoms with Crippen LogP contribution in [0.25, 0.3) is 0 Å². The van der Waals surface area contributed by atoms with E-state index in [-0.39, 0.29) is 55.3 Å². The van der Waals surface area contributed by atoms with Crippen molar-refractivity contribution in [1.29, 1.82) is 0 Å². The number of carbonyl (C=O) groups is 4. The number of hydrogen-bond acceptors (Lipinski definition) is 14. The topological polar surface area (TPSA) is 221 Å². The first kappa shape index (κ1) is 47.8. The third-order valence-electron chi connectivity index (χ3n) is 14.5. The van der Waals surface area contributed by atoms with Gasteiger partial charge in [0.25, 0.3) is 0 Å². The van der Waals surface area contributed by atoms with Crippen LogP contribution in [-0.2, 0) is 33.4 Å². The van der Waals surface area contributed by atoms with Gasteiger partial charge in [-0.15, -0.1) is 11.8 Å². The number of allylic oxidation sites excluding steroid dienone is 4. The molecule has 12 atom stereocenters. The van der Waals surface area contributed by atoms with Gasteiger partial charge in [0.15, 0.2) is 11.9 Å². The van der Waals surface area contributed by atoms with Crippen LogP contribution in [0.1, 0.15) is 104 Å². The molecule has 2 saturated heterocycles. The molecule has 0 bridgehead atoms. The number of nitrogens with zero attached hydrogens (tertiary/aromatic N) is 3.